The standard InChI is InChI=1S/C22H18N3S.C5H8O2.Ir/c1-12-11-24-19-14-10-13-6-5-9-23-20(13)25-21(14)26-16-8-7-15(22(2,3)4)17(12)18(16)19;1-4(6)3-5(2)7;/h5-9,11H,1-4H3;3,6H,1-2H3;/q-1;;/b;4-3-;. The number of benzene rings is 1. The topological polar surface area (TPSA) is 76.0 Å². The van der Waals surface area contributed by atoms with Gasteiger partial charge in [0.25, 0.3) is 0 Å². The van der Waals surface area contributed by atoms with E-state index in [9.17, 15) is 4.79 Å². The molecule has 4 heterocycles. The van der Waals surface area contributed by atoms with E-state index < -0.39 is 0 Å². The maximum absolute atomic E-state index is 10.0. The van der Waals surface area contributed by atoms with Crippen molar-refractivity contribution in [1.29, 1.82) is 0 Å². The zero-order valence-electron chi connectivity index (χ0n) is 20.0. The number of allylic oxidation sites excluding steroid dienone is 2. The molecule has 1 N–H and O–H groups in total. The van der Waals surface area contributed by atoms with Gasteiger partial charge in [-0.05, 0) is 54.2 Å². The molecule has 0 bridgehead atoms. The third-order valence-electron chi connectivity index (χ3n) is 5.32. The van der Waals surface area contributed by atoms with Crippen LogP contribution < -0.4 is 0 Å². The first-order chi connectivity index (χ1) is 15.6. The summed E-state index contributed by atoms with van der Waals surface area (Å²) in [7, 11) is 0. The van der Waals surface area contributed by atoms with Gasteiger partial charge in [0, 0.05) is 54.2 Å². The molecule has 0 unspecified atom stereocenters. The molecule has 3 aromatic heterocycles. The Bertz CT molecular complexity index is 1440. The van der Waals surface area contributed by atoms with Crippen molar-refractivity contribution in [1.82, 2.24) is 15.0 Å². The molecule has 0 saturated heterocycles. The fourth-order valence-corrected chi connectivity index (χ4v) is 5.00. The summed E-state index contributed by atoms with van der Waals surface area (Å²) in [5.41, 5.74) is 5.35. The van der Waals surface area contributed by atoms with Crippen LogP contribution in [-0.2, 0) is 30.3 Å². The van der Waals surface area contributed by atoms with E-state index in [0.29, 0.717) is 0 Å². The van der Waals surface area contributed by atoms with Gasteiger partial charge in [0.15, 0.2) is 5.78 Å². The summed E-state index contributed by atoms with van der Waals surface area (Å²) in [6.07, 6.45) is 4.92. The molecule has 1 aromatic carbocycles. The Morgan fingerprint density at radius 2 is 1.85 bits per heavy atom. The number of fused-ring (bicyclic) bond motifs is 3. The first-order valence-electron chi connectivity index (χ1n) is 10.7. The summed E-state index contributed by atoms with van der Waals surface area (Å²) in [4.78, 5) is 25.2. The normalized spacial score (nSPS) is 12.5. The van der Waals surface area contributed by atoms with E-state index >= 15 is 0 Å². The van der Waals surface area contributed by atoms with E-state index in [1.165, 1.54) is 46.7 Å². The van der Waals surface area contributed by atoms with E-state index in [1.54, 1.807) is 18.0 Å². The molecule has 7 heteroatoms. The minimum atomic E-state index is -0.125. The van der Waals surface area contributed by atoms with Crippen molar-refractivity contribution >= 4 is 39.4 Å². The number of carbonyl (C=O) groups is 1. The average molecular weight is 649 g/mol. The summed E-state index contributed by atoms with van der Waals surface area (Å²) in [5, 5.41) is 12.8. The quantitative estimate of drug-likeness (QED) is 0.123. The molecule has 1 radical (unpaired) electrons. The van der Waals surface area contributed by atoms with Crippen LogP contribution in [0, 0.1) is 13.0 Å². The Morgan fingerprint density at radius 3 is 2.47 bits per heavy atom. The third-order valence-corrected chi connectivity index (χ3v) is 6.37. The number of pyridine rings is 3. The Balaban J connectivity index is 0.000000357. The van der Waals surface area contributed by atoms with Crippen LogP contribution in [0.2, 0.25) is 0 Å². The average Bonchev–Trinajstić information content (AvgIpc) is 2.73. The predicted molar refractivity (Wildman–Crippen MR) is 134 cm³/mol. The summed E-state index contributed by atoms with van der Waals surface area (Å²) in [5.74, 6) is -0.0625. The number of aliphatic hydroxyl groups is 1. The number of hydrogen-bond acceptors (Lipinski definition) is 6. The number of carbonyl (C=O) groups excluding carboxylic acids is 1. The molecular formula is C27H26IrN3O2S-. The van der Waals surface area contributed by atoms with Gasteiger partial charge >= 0.3 is 0 Å². The molecule has 0 aliphatic carbocycles. The number of hydrogen-bond donors (Lipinski definition) is 1. The first-order valence-corrected chi connectivity index (χ1v) is 11.5. The Morgan fingerprint density at radius 1 is 1.12 bits per heavy atom. The molecule has 0 spiro atoms. The van der Waals surface area contributed by atoms with Gasteiger partial charge in [0.1, 0.15) is 0 Å². The number of aryl methyl sites for hydroxylation is 1. The Labute approximate surface area is 217 Å². The second-order valence-electron chi connectivity index (χ2n) is 9.19. The molecule has 5 rings (SSSR count). The number of ketones is 1. The van der Waals surface area contributed by atoms with E-state index in [2.05, 4.69) is 50.9 Å². The van der Waals surface area contributed by atoms with Crippen LogP contribution in [-0.4, -0.2) is 25.8 Å². The molecule has 0 saturated carbocycles. The SMILES string of the molecule is CC(=O)/C=C(/C)O.Cc1cnc2c3c(ccc(C(C)(C)C)c13)Sc1nc3ncccc3[c-]c1-2.[Ir]. The van der Waals surface area contributed by atoms with E-state index in [1.807, 2.05) is 18.3 Å². The molecule has 0 amide bonds. The smallest absolute Gasteiger partial charge is 0.155 e. The predicted octanol–water partition coefficient (Wildman–Crippen LogP) is 6.75. The second kappa shape index (κ2) is 9.95. The fraction of sp³-hybridized carbons (Fsp3) is 0.259. The third kappa shape index (κ3) is 5.07. The minimum Gasteiger partial charge on any atom is -0.512 e. The van der Waals surface area contributed by atoms with Gasteiger partial charge in [-0.15, -0.1) is 23.9 Å². The fourth-order valence-electron chi connectivity index (χ4n) is 3.97. The van der Waals surface area contributed by atoms with Crippen molar-refractivity contribution in [3.05, 3.63) is 65.7 Å². The first kappa shape index (κ1) is 26.0. The number of aliphatic hydroxyl groups excluding tert-OH is 1. The maximum Gasteiger partial charge on any atom is 0.155 e. The van der Waals surface area contributed by atoms with Gasteiger partial charge in [-0.1, -0.05) is 43.9 Å². The molecule has 0 atom stereocenters. The summed E-state index contributed by atoms with van der Waals surface area (Å²) < 4.78 is 0. The number of rotatable bonds is 1. The minimum absolute atomic E-state index is 0. The van der Waals surface area contributed by atoms with Gasteiger partial charge < -0.3 is 5.11 Å². The van der Waals surface area contributed by atoms with Crippen molar-refractivity contribution in [3.63, 3.8) is 0 Å². The monoisotopic (exact) mass is 649 g/mol. The van der Waals surface area contributed by atoms with Crippen molar-refractivity contribution in [2.24, 2.45) is 0 Å². The molecule has 0 fully saturated rings. The largest absolute Gasteiger partial charge is 0.512 e. The molecular weight excluding hydrogens is 623 g/mol. The zero-order valence-corrected chi connectivity index (χ0v) is 23.2. The second-order valence-corrected chi connectivity index (χ2v) is 10.2. The Kier molecular flexibility index (Phi) is 7.61. The van der Waals surface area contributed by atoms with Crippen LogP contribution in [0.15, 0.2) is 58.4 Å². The van der Waals surface area contributed by atoms with Crippen molar-refractivity contribution < 1.29 is 30.0 Å². The van der Waals surface area contributed by atoms with E-state index in [0.717, 1.165) is 27.3 Å². The molecule has 1 aliphatic rings. The van der Waals surface area contributed by atoms with Crippen molar-refractivity contribution in [3.8, 4) is 11.3 Å². The zero-order chi connectivity index (χ0) is 23.9. The van der Waals surface area contributed by atoms with Crippen LogP contribution in [0.4, 0.5) is 0 Å². The van der Waals surface area contributed by atoms with Crippen LogP contribution in [0.1, 0.15) is 45.7 Å². The van der Waals surface area contributed by atoms with Crippen LogP contribution in [0.25, 0.3) is 33.1 Å². The van der Waals surface area contributed by atoms with Crippen molar-refractivity contribution in [2.75, 3.05) is 0 Å². The Hall–Kier alpha value is -2.60. The molecule has 5 nitrogen and oxygen atoms in total. The molecule has 4 aromatic rings. The summed E-state index contributed by atoms with van der Waals surface area (Å²) in [6, 6.07) is 11.9. The van der Waals surface area contributed by atoms with E-state index in [-0.39, 0.29) is 37.1 Å². The summed E-state index contributed by atoms with van der Waals surface area (Å²) >= 11 is 1.70. The van der Waals surface area contributed by atoms with Crippen LogP contribution >= 0.6 is 11.8 Å². The van der Waals surface area contributed by atoms with Gasteiger partial charge in [0.05, 0.1) is 11.4 Å². The molecule has 177 valence electrons. The number of aromatic nitrogens is 3. The van der Waals surface area contributed by atoms with Crippen LogP contribution in [0.3, 0.4) is 0 Å². The molecule has 34 heavy (non-hydrogen) atoms. The summed E-state index contributed by atoms with van der Waals surface area (Å²) in [6.45, 7) is 11.8. The van der Waals surface area contributed by atoms with Crippen molar-refractivity contribution in [2.45, 2.75) is 56.9 Å². The van der Waals surface area contributed by atoms with Gasteiger partial charge in [-0.3, -0.25) is 19.7 Å². The van der Waals surface area contributed by atoms with Gasteiger partial charge in [-0.2, -0.15) is 0 Å². The maximum atomic E-state index is 10.0. The number of nitrogens with zero attached hydrogens (tertiary/aromatic N) is 3. The molecule has 1 aliphatic heterocycles. The van der Waals surface area contributed by atoms with E-state index in [4.69, 9.17) is 15.1 Å². The van der Waals surface area contributed by atoms with Gasteiger partial charge in [0.2, 0.25) is 0 Å². The van der Waals surface area contributed by atoms with Crippen LogP contribution in [0.5, 0.6) is 0 Å². The van der Waals surface area contributed by atoms with Gasteiger partial charge in [-0.25, -0.2) is 0 Å².